The first-order valence-corrected chi connectivity index (χ1v) is 15.2. The molecular formula is C36H35F3O10. The molecule has 3 rings (SSSR count). The van der Waals surface area contributed by atoms with Gasteiger partial charge in [-0.05, 0) is 81.1 Å². The Morgan fingerprint density at radius 2 is 1.18 bits per heavy atom. The van der Waals surface area contributed by atoms with E-state index in [1.54, 1.807) is 0 Å². The fraction of sp³-hybridized carbons (Fsp3) is 0.278. The van der Waals surface area contributed by atoms with Crippen LogP contribution in [0.15, 0.2) is 79.4 Å². The van der Waals surface area contributed by atoms with Crippen LogP contribution in [0, 0.1) is 17.5 Å². The van der Waals surface area contributed by atoms with E-state index < -0.39 is 52.8 Å². The Kier molecular flexibility index (Phi) is 14.9. The lowest BCUT2D eigenvalue weighted by molar-refractivity contribution is -0.139. The van der Waals surface area contributed by atoms with Crippen molar-refractivity contribution in [3.8, 4) is 23.0 Å². The van der Waals surface area contributed by atoms with Crippen LogP contribution in [0.2, 0.25) is 0 Å². The summed E-state index contributed by atoms with van der Waals surface area (Å²) in [7, 11) is 0. The van der Waals surface area contributed by atoms with E-state index in [1.807, 2.05) is 0 Å². The van der Waals surface area contributed by atoms with Crippen LogP contribution in [-0.4, -0.2) is 50.3 Å². The minimum Gasteiger partial charge on any atom is -0.494 e. The van der Waals surface area contributed by atoms with Crippen LogP contribution in [0.1, 0.15) is 59.7 Å². The molecular weight excluding hydrogens is 649 g/mol. The molecule has 0 aliphatic heterocycles. The Bertz CT molecular complexity index is 1640. The lowest BCUT2D eigenvalue weighted by atomic mass is 10.2. The summed E-state index contributed by atoms with van der Waals surface area (Å²) in [5.74, 6) is -9.90. The normalized spacial score (nSPS) is 10.4. The van der Waals surface area contributed by atoms with Gasteiger partial charge in [0.1, 0.15) is 11.5 Å². The van der Waals surface area contributed by atoms with Crippen molar-refractivity contribution in [1.29, 1.82) is 0 Å². The molecule has 10 nitrogen and oxygen atoms in total. The Morgan fingerprint density at radius 3 is 1.73 bits per heavy atom. The largest absolute Gasteiger partial charge is 0.494 e. The Morgan fingerprint density at radius 1 is 0.673 bits per heavy atom. The topological polar surface area (TPSA) is 124 Å². The van der Waals surface area contributed by atoms with Gasteiger partial charge in [-0.3, -0.25) is 0 Å². The van der Waals surface area contributed by atoms with Gasteiger partial charge in [0, 0.05) is 24.1 Å². The molecule has 0 atom stereocenters. The second-order valence-corrected chi connectivity index (χ2v) is 10.4. The summed E-state index contributed by atoms with van der Waals surface area (Å²) < 4.78 is 74.9. The summed E-state index contributed by atoms with van der Waals surface area (Å²) in [6, 6.07) is 11.4. The van der Waals surface area contributed by atoms with Gasteiger partial charge >= 0.3 is 23.9 Å². The van der Waals surface area contributed by atoms with Crippen molar-refractivity contribution in [2.75, 3.05) is 26.4 Å². The molecule has 0 spiro atoms. The molecule has 3 aromatic carbocycles. The summed E-state index contributed by atoms with van der Waals surface area (Å²) in [6.07, 6.45) is 4.63. The highest BCUT2D eigenvalue weighted by atomic mass is 19.2. The summed E-state index contributed by atoms with van der Waals surface area (Å²) in [4.78, 5) is 47.4. The first-order valence-electron chi connectivity index (χ1n) is 15.2. The van der Waals surface area contributed by atoms with Crippen LogP contribution >= 0.6 is 0 Å². The highest BCUT2D eigenvalue weighted by molar-refractivity contribution is 5.92. The van der Waals surface area contributed by atoms with E-state index in [-0.39, 0.29) is 29.9 Å². The lowest BCUT2D eigenvalue weighted by Gasteiger charge is -2.12. The molecule has 0 saturated carbocycles. The number of carbonyl (C=O) groups is 4. The minimum absolute atomic E-state index is 0.0456. The predicted molar refractivity (Wildman–Crippen MR) is 170 cm³/mol. The maximum absolute atomic E-state index is 14.8. The third kappa shape index (κ3) is 12.2. The molecule has 0 heterocycles. The van der Waals surface area contributed by atoms with E-state index in [4.69, 9.17) is 28.4 Å². The van der Waals surface area contributed by atoms with Gasteiger partial charge in [-0.1, -0.05) is 13.2 Å². The molecule has 3 aromatic rings. The van der Waals surface area contributed by atoms with Crippen molar-refractivity contribution in [3.63, 3.8) is 0 Å². The molecule has 0 amide bonds. The van der Waals surface area contributed by atoms with Gasteiger partial charge in [0.05, 0.1) is 37.6 Å². The first kappa shape index (κ1) is 37.9. The van der Waals surface area contributed by atoms with Crippen molar-refractivity contribution in [3.05, 3.63) is 108 Å². The number of halogens is 3. The zero-order chi connectivity index (χ0) is 35.8. The molecule has 13 heteroatoms. The maximum atomic E-state index is 14.8. The van der Waals surface area contributed by atoms with Crippen molar-refractivity contribution in [2.24, 2.45) is 0 Å². The molecule has 0 saturated heterocycles. The van der Waals surface area contributed by atoms with Gasteiger partial charge in [0.2, 0.25) is 17.4 Å². The summed E-state index contributed by atoms with van der Waals surface area (Å²) in [5.41, 5.74) is 0.113. The molecule has 0 aromatic heterocycles. The van der Waals surface area contributed by atoms with Gasteiger partial charge in [-0.25, -0.2) is 23.6 Å². The van der Waals surface area contributed by atoms with Crippen molar-refractivity contribution < 1.29 is 60.8 Å². The zero-order valence-electron chi connectivity index (χ0n) is 26.8. The monoisotopic (exact) mass is 684 g/mol. The second kappa shape index (κ2) is 19.3. The molecule has 0 aliphatic rings. The van der Waals surface area contributed by atoms with E-state index in [0.717, 1.165) is 25.3 Å². The van der Waals surface area contributed by atoms with Crippen LogP contribution in [-0.2, 0) is 19.1 Å². The lowest BCUT2D eigenvalue weighted by Crippen LogP contribution is -2.14. The summed E-state index contributed by atoms with van der Waals surface area (Å²) in [5, 5.41) is 0. The highest BCUT2D eigenvalue weighted by Crippen LogP contribution is 2.32. The van der Waals surface area contributed by atoms with E-state index in [0.29, 0.717) is 43.6 Å². The standard InChI is InChI=1S/C36H35F3O10/c1-4-30(40)46-19-8-6-5-7-18-44-26-14-10-24(11-15-26)35(42)48-29-22-28(37)33(32(39)31(29)38)49-36(43)25-12-16-27(17-13-25)45-20-9-21-47-34(41)23(2)3/h4,10-17,22H,1-2,5-9,18-21H2,3H3. The number of ether oxygens (including phenoxy) is 6. The quantitative estimate of drug-likeness (QED) is 0.0425. The number of hydrogen-bond donors (Lipinski definition) is 0. The molecule has 0 radical (unpaired) electrons. The number of unbranched alkanes of at least 4 members (excludes halogenated alkanes) is 3. The van der Waals surface area contributed by atoms with E-state index >= 15 is 0 Å². The molecule has 0 aliphatic carbocycles. The van der Waals surface area contributed by atoms with E-state index in [1.165, 1.54) is 55.5 Å². The summed E-state index contributed by atoms with van der Waals surface area (Å²) >= 11 is 0. The van der Waals surface area contributed by atoms with Crippen LogP contribution in [0.5, 0.6) is 23.0 Å². The summed E-state index contributed by atoms with van der Waals surface area (Å²) in [6.45, 7) is 9.35. The fourth-order valence-corrected chi connectivity index (χ4v) is 3.93. The fourth-order valence-electron chi connectivity index (χ4n) is 3.93. The average molecular weight is 685 g/mol. The third-order valence-corrected chi connectivity index (χ3v) is 6.52. The number of benzene rings is 3. The van der Waals surface area contributed by atoms with Gasteiger partial charge in [0.25, 0.3) is 0 Å². The van der Waals surface area contributed by atoms with Crippen LogP contribution in [0.4, 0.5) is 13.2 Å². The second-order valence-electron chi connectivity index (χ2n) is 10.4. The van der Waals surface area contributed by atoms with Gasteiger partial charge in [0.15, 0.2) is 11.6 Å². The smallest absolute Gasteiger partial charge is 0.343 e. The number of rotatable bonds is 19. The van der Waals surface area contributed by atoms with Crippen LogP contribution in [0.3, 0.4) is 0 Å². The first-order chi connectivity index (χ1) is 23.5. The van der Waals surface area contributed by atoms with Gasteiger partial charge in [-0.15, -0.1) is 0 Å². The van der Waals surface area contributed by atoms with Crippen LogP contribution < -0.4 is 18.9 Å². The van der Waals surface area contributed by atoms with E-state index in [9.17, 15) is 32.3 Å². The molecule has 260 valence electrons. The average Bonchev–Trinajstić information content (AvgIpc) is 3.10. The Hall–Kier alpha value is -5.59. The van der Waals surface area contributed by atoms with Crippen molar-refractivity contribution >= 4 is 23.9 Å². The number of carbonyl (C=O) groups excluding carboxylic acids is 4. The SMILES string of the molecule is C=CC(=O)OCCCCCCOc1ccc(C(=O)Oc2cc(F)c(OC(=O)c3ccc(OCCCOC(=O)C(=C)C)cc3)c(F)c2F)cc1. The van der Waals surface area contributed by atoms with Crippen molar-refractivity contribution in [1.82, 2.24) is 0 Å². The van der Waals surface area contributed by atoms with Gasteiger partial charge in [-0.2, -0.15) is 8.78 Å². The predicted octanol–water partition coefficient (Wildman–Crippen LogP) is 7.10. The van der Waals surface area contributed by atoms with Crippen molar-refractivity contribution in [2.45, 2.75) is 39.0 Å². The Balaban J connectivity index is 1.47. The van der Waals surface area contributed by atoms with Crippen LogP contribution in [0.25, 0.3) is 0 Å². The minimum atomic E-state index is -1.87. The number of esters is 4. The molecule has 0 fully saturated rings. The maximum Gasteiger partial charge on any atom is 0.343 e. The Labute approximate surface area is 281 Å². The molecule has 0 unspecified atom stereocenters. The highest BCUT2D eigenvalue weighted by Gasteiger charge is 2.26. The molecule has 0 bridgehead atoms. The zero-order valence-corrected chi connectivity index (χ0v) is 26.8. The van der Waals surface area contributed by atoms with Gasteiger partial charge < -0.3 is 28.4 Å². The molecule has 0 N–H and O–H groups in total. The van der Waals surface area contributed by atoms with E-state index in [2.05, 4.69) is 13.2 Å². The number of hydrogen-bond acceptors (Lipinski definition) is 10. The molecule has 49 heavy (non-hydrogen) atoms. The third-order valence-electron chi connectivity index (χ3n) is 6.52.